The molecule has 5 rings (SSSR count). The Hall–Kier alpha value is -2.95. The quantitative estimate of drug-likeness (QED) is 0.466. The first-order valence-electron chi connectivity index (χ1n) is 9.80. The van der Waals surface area contributed by atoms with Gasteiger partial charge in [0.25, 0.3) is 0 Å². The molecule has 2 aliphatic carbocycles. The molecule has 0 radical (unpaired) electrons. The lowest BCUT2D eigenvalue weighted by Crippen LogP contribution is -2.32. The van der Waals surface area contributed by atoms with Crippen LogP contribution in [0.25, 0.3) is 0 Å². The minimum absolute atomic E-state index is 0.0718. The van der Waals surface area contributed by atoms with Crippen LogP contribution in [-0.4, -0.2) is 17.8 Å². The molecule has 1 heterocycles. The van der Waals surface area contributed by atoms with E-state index in [0.717, 1.165) is 24.8 Å². The number of ether oxygens (including phenoxy) is 1. The molecule has 5 nitrogen and oxygen atoms in total. The summed E-state index contributed by atoms with van der Waals surface area (Å²) in [4.78, 5) is 39.5. The van der Waals surface area contributed by atoms with Gasteiger partial charge in [0.1, 0.15) is 5.75 Å². The normalized spacial score (nSPS) is 28.0. The second-order valence-electron chi connectivity index (χ2n) is 8.10. The zero-order valence-corrected chi connectivity index (χ0v) is 15.6. The number of fused-ring (bicyclic) bond motifs is 5. The Morgan fingerprint density at radius 3 is 2.14 bits per heavy atom. The van der Waals surface area contributed by atoms with Crippen LogP contribution in [0, 0.1) is 30.6 Å². The van der Waals surface area contributed by atoms with E-state index in [-0.39, 0.29) is 23.7 Å². The summed E-state index contributed by atoms with van der Waals surface area (Å²) >= 11 is 0. The van der Waals surface area contributed by atoms with E-state index >= 15 is 0 Å². The summed E-state index contributed by atoms with van der Waals surface area (Å²) in [6.07, 6.45) is 3.13. The molecule has 5 heteroatoms. The van der Waals surface area contributed by atoms with Crippen molar-refractivity contribution in [3.8, 4) is 5.75 Å². The number of nitrogens with zero attached hydrogens (tertiary/aromatic N) is 1. The zero-order chi connectivity index (χ0) is 19.4. The molecule has 2 saturated carbocycles. The molecule has 1 aliphatic heterocycles. The van der Waals surface area contributed by atoms with Gasteiger partial charge in [0.15, 0.2) is 0 Å². The van der Waals surface area contributed by atoms with Gasteiger partial charge in [-0.3, -0.25) is 14.5 Å². The van der Waals surface area contributed by atoms with Gasteiger partial charge in [0.2, 0.25) is 11.8 Å². The van der Waals surface area contributed by atoms with E-state index in [9.17, 15) is 14.4 Å². The average Bonchev–Trinajstić information content (AvgIpc) is 3.38. The number of imide groups is 1. The van der Waals surface area contributed by atoms with Gasteiger partial charge in [-0.2, -0.15) is 0 Å². The molecule has 0 N–H and O–H groups in total. The molecular formula is C23H21NO4. The van der Waals surface area contributed by atoms with Crippen LogP contribution in [0.15, 0.2) is 48.5 Å². The van der Waals surface area contributed by atoms with Crippen LogP contribution in [-0.2, 0) is 9.59 Å². The number of anilines is 1. The first-order chi connectivity index (χ1) is 13.5. The minimum atomic E-state index is -0.463. The van der Waals surface area contributed by atoms with Crippen LogP contribution >= 0.6 is 0 Å². The van der Waals surface area contributed by atoms with E-state index < -0.39 is 5.97 Å². The number of hydrogen-bond donors (Lipinski definition) is 0. The Kier molecular flexibility index (Phi) is 3.86. The van der Waals surface area contributed by atoms with Crippen molar-refractivity contribution in [2.45, 2.75) is 26.2 Å². The third kappa shape index (κ3) is 2.49. The van der Waals surface area contributed by atoms with Crippen molar-refractivity contribution in [2.75, 3.05) is 4.90 Å². The van der Waals surface area contributed by atoms with Crippen molar-refractivity contribution in [3.63, 3.8) is 0 Å². The third-order valence-electron chi connectivity index (χ3n) is 6.58. The summed E-state index contributed by atoms with van der Waals surface area (Å²) in [5.74, 6) is 0.350. The second kappa shape index (κ2) is 6.30. The lowest BCUT2D eigenvalue weighted by atomic mass is 9.81. The molecule has 2 bridgehead atoms. The molecule has 0 aromatic heterocycles. The molecular weight excluding hydrogens is 354 g/mol. The Balaban J connectivity index is 1.36. The highest BCUT2D eigenvalue weighted by Crippen LogP contribution is 2.56. The largest absolute Gasteiger partial charge is 0.423 e. The first kappa shape index (κ1) is 17.2. The highest BCUT2D eigenvalue weighted by atomic mass is 16.5. The van der Waals surface area contributed by atoms with E-state index in [1.807, 2.05) is 25.1 Å². The van der Waals surface area contributed by atoms with E-state index in [1.165, 1.54) is 4.90 Å². The number of carbonyl (C=O) groups is 3. The average molecular weight is 375 g/mol. The number of para-hydroxylation sites is 1. The van der Waals surface area contributed by atoms with Gasteiger partial charge >= 0.3 is 5.97 Å². The van der Waals surface area contributed by atoms with E-state index in [1.54, 1.807) is 30.3 Å². The fourth-order valence-electron chi connectivity index (χ4n) is 5.24. The van der Waals surface area contributed by atoms with Gasteiger partial charge in [-0.1, -0.05) is 18.2 Å². The summed E-state index contributed by atoms with van der Waals surface area (Å²) in [6.45, 7) is 1.88. The number of aryl methyl sites for hydroxylation is 1. The SMILES string of the molecule is Cc1ccccc1OC(=O)c1ccc(N2C(=O)[C@@H]3[C@@H]4CC[C@H](C4)[C@@H]3C2=O)cc1. The molecule has 2 amide bonds. The fraction of sp³-hybridized carbons (Fsp3) is 0.348. The maximum absolute atomic E-state index is 12.9. The standard InChI is InChI=1S/C23H21NO4/c1-13-4-2-3-5-18(13)28-23(27)14-8-10-17(11-9-14)24-21(25)19-15-6-7-16(12-15)20(19)22(24)26/h2-5,8-11,15-16,19-20H,6-7,12H2,1H3/t15-,16-,19-,20+/m1/s1. The molecule has 0 unspecified atom stereocenters. The van der Waals surface area contributed by atoms with Crippen molar-refractivity contribution in [2.24, 2.45) is 23.7 Å². The van der Waals surface area contributed by atoms with Gasteiger partial charge in [0, 0.05) is 0 Å². The van der Waals surface area contributed by atoms with Crippen molar-refractivity contribution in [1.82, 2.24) is 0 Å². The second-order valence-corrected chi connectivity index (χ2v) is 8.10. The molecule has 1 saturated heterocycles. The summed E-state index contributed by atoms with van der Waals surface area (Å²) < 4.78 is 5.45. The zero-order valence-electron chi connectivity index (χ0n) is 15.6. The number of hydrogen-bond acceptors (Lipinski definition) is 4. The maximum Gasteiger partial charge on any atom is 0.343 e. The number of rotatable bonds is 3. The Morgan fingerprint density at radius 1 is 0.929 bits per heavy atom. The molecule has 142 valence electrons. The topological polar surface area (TPSA) is 63.7 Å². The van der Waals surface area contributed by atoms with Crippen LogP contribution in [0.2, 0.25) is 0 Å². The third-order valence-corrected chi connectivity index (χ3v) is 6.58. The predicted molar refractivity (Wildman–Crippen MR) is 103 cm³/mol. The minimum Gasteiger partial charge on any atom is -0.423 e. The smallest absolute Gasteiger partial charge is 0.343 e. The van der Waals surface area contributed by atoms with Crippen LogP contribution in [0.5, 0.6) is 5.75 Å². The van der Waals surface area contributed by atoms with Gasteiger partial charge in [0.05, 0.1) is 23.1 Å². The van der Waals surface area contributed by atoms with E-state index in [2.05, 4.69) is 0 Å². The first-order valence-corrected chi connectivity index (χ1v) is 9.80. The van der Waals surface area contributed by atoms with Gasteiger partial charge in [-0.05, 0) is 73.9 Å². The van der Waals surface area contributed by atoms with Crippen LogP contribution in [0.3, 0.4) is 0 Å². The molecule has 3 fully saturated rings. The summed E-state index contributed by atoms with van der Waals surface area (Å²) in [7, 11) is 0. The molecule has 4 atom stereocenters. The van der Waals surface area contributed by atoms with E-state index in [0.29, 0.717) is 28.8 Å². The van der Waals surface area contributed by atoms with E-state index in [4.69, 9.17) is 4.74 Å². The number of benzene rings is 2. The van der Waals surface area contributed by atoms with Crippen LogP contribution in [0.4, 0.5) is 5.69 Å². The van der Waals surface area contributed by atoms with Crippen molar-refractivity contribution < 1.29 is 19.1 Å². The summed E-state index contributed by atoms with van der Waals surface area (Å²) in [5, 5.41) is 0. The highest BCUT2D eigenvalue weighted by Gasteiger charge is 2.61. The summed E-state index contributed by atoms with van der Waals surface area (Å²) in [5.41, 5.74) is 1.80. The number of amides is 2. The number of esters is 1. The summed E-state index contributed by atoms with van der Waals surface area (Å²) in [6, 6.07) is 13.9. The van der Waals surface area contributed by atoms with Gasteiger partial charge < -0.3 is 4.74 Å². The Labute approximate surface area is 163 Å². The predicted octanol–water partition coefficient (Wildman–Crippen LogP) is 3.75. The molecule has 0 spiro atoms. The monoisotopic (exact) mass is 375 g/mol. The van der Waals surface area contributed by atoms with Crippen molar-refractivity contribution >= 4 is 23.5 Å². The molecule has 2 aromatic carbocycles. The molecule has 2 aromatic rings. The number of carbonyl (C=O) groups excluding carboxylic acids is 3. The highest BCUT2D eigenvalue weighted by molar-refractivity contribution is 6.22. The van der Waals surface area contributed by atoms with Gasteiger partial charge in [-0.15, -0.1) is 0 Å². The van der Waals surface area contributed by atoms with Gasteiger partial charge in [-0.25, -0.2) is 4.79 Å². The lowest BCUT2D eigenvalue weighted by molar-refractivity contribution is -0.123. The van der Waals surface area contributed by atoms with Crippen molar-refractivity contribution in [1.29, 1.82) is 0 Å². The van der Waals surface area contributed by atoms with Crippen molar-refractivity contribution in [3.05, 3.63) is 59.7 Å². The van der Waals surface area contributed by atoms with Crippen LogP contribution in [0.1, 0.15) is 35.2 Å². The maximum atomic E-state index is 12.9. The molecule has 3 aliphatic rings. The fourth-order valence-corrected chi connectivity index (χ4v) is 5.24. The Bertz CT molecular complexity index is 952. The molecule has 28 heavy (non-hydrogen) atoms. The lowest BCUT2D eigenvalue weighted by Gasteiger charge is -2.19. The Morgan fingerprint density at radius 2 is 1.54 bits per heavy atom. The van der Waals surface area contributed by atoms with Crippen LogP contribution < -0.4 is 9.64 Å².